The zero-order valence-electron chi connectivity index (χ0n) is 14.0. The van der Waals surface area contributed by atoms with E-state index < -0.39 is 6.10 Å². The first-order chi connectivity index (χ1) is 9.87. The number of rotatable bonds is 5. The summed E-state index contributed by atoms with van der Waals surface area (Å²) < 4.78 is 11.2. The first-order valence-electron chi connectivity index (χ1n) is 7.59. The number of hydrogen-bond acceptors (Lipinski definition) is 4. The minimum Gasteiger partial charge on any atom is -0.491 e. The van der Waals surface area contributed by atoms with Gasteiger partial charge in [0.2, 0.25) is 0 Å². The maximum Gasteiger partial charge on any atom is 0.119 e. The molecule has 0 amide bonds. The van der Waals surface area contributed by atoms with Gasteiger partial charge in [-0.3, -0.25) is 4.90 Å². The molecule has 0 aliphatic carbocycles. The number of benzene rings is 1. The summed E-state index contributed by atoms with van der Waals surface area (Å²) in [5.74, 6) is 0.827. The number of aryl methyl sites for hydroxylation is 2. The van der Waals surface area contributed by atoms with Crippen LogP contribution < -0.4 is 4.74 Å². The standard InChI is InChI=1S/C17H27NO3.ClH/c1-13-7-14(2)9-16(8-13)21-11-15(19)10-18-5-6-20-12-17(18,3)4;/h7-9,15,19H,5-6,10-12H2,1-4H3;1H. The minimum atomic E-state index is -0.497. The van der Waals surface area contributed by atoms with Gasteiger partial charge in [-0.25, -0.2) is 0 Å². The monoisotopic (exact) mass is 329 g/mol. The Hall–Kier alpha value is -0.810. The SMILES string of the molecule is Cc1cc(C)cc(OCC(O)CN2CCOCC2(C)C)c1.Cl. The molecule has 126 valence electrons. The van der Waals surface area contributed by atoms with Gasteiger partial charge in [0.1, 0.15) is 18.5 Å². The summed E-state index contributed by atoms with van der Waals surface area (Å²) in [6.45, 7) is 11.6. The number of morpholine rings is 1. The summed E-state index contributed by atoms with van der Waals surface area (Å²) >= 11 is 0. The number of halogens is 1. The molecule has 5 heteroatoms. The topological polar surface area (TPSA) is 41.9 Å². The number of aliphatic hydroxyl groups is 1. The van der Waals surface area contributed by atoms with E-state index in [9.17, 15) is 5.11 Å². The smallest absolute Gasteiger partial charge is 0.119 e. The normalized spacial score (nSPS) is 19.3. The Morgan fingerprint density at radius 2 is 1.91 bits per heavy atom. The molecule has 1 fully saturated rings. The van der Waals surface area contributed by atoms with Crippen LogP contribution in [0.5, 0.6) is 5.75 Å². The molecule has 0 aromatic heterocycles. The zero-order valence-corrected chi connectivity index (χ0v) is 14.8. The zero-order chi connectivity index (χ0) is 15.5. The lowest BCUT2D eigenvalue weighted by atomic mass is 10.0. The highest BCUT2D eigenvalue weighted by molar-refractivity contribution is 5.85. The molecule has 0 bridgehead atoms. The second kappa shape index (κ2) is 8.16. The number of hydrogen-bond donors (Lipinski definition) is 1. The highest BCUT2D eigenvalue weighted by atomic mass is 35.5. The Balaban J connectivity index is 0.00000242. The van der Waals surface area contributed by atoms with E-state index in [2.05, 4.69) is 24.8 Å². The lowest BCUT2D eigenvalue weighted by Gasteiger charge is -2.42. The van der Waals surface area contributed by atoms with Gasteiger partial charge in [0.15, 0.2) is 0 Å². The molecule has 0 radical (unpaired) electrons. The lowest BCUT2D eigenvalue weighted by molar-refractivity contribution is -0.0703. The predicted octanol–water partition coefficient (Wildman–Crippen LogP) is 2.58. The van der Waals surface area contributed by atoms with Crippen LogP contribution in [0.4, 0.5) is 0 Å². The molecule has 1 aliphatic rings. The molecule has 22 heavy (non-hydrogen) atoms. The van der Waals surface area contributed by atoms with Crippen molar-refractivity contribution in [2.45, 2.75) is 39.3 Å². The van der Waals surface area contributed by atoms with Crippen molar-refractivity contribution in [2.24, 2.45) is 0 Å². The van der Waals surface area contributed by atoms with Gasteiger partial charge in [-0.1, -0.05) is 6.07 Å². The molecule has 1 saturated heterocycles. The van der Waals surface area contributed by atoms with E-state index in [-0.39, 0.29) is 17.9 Å². The fraction of sp³-hybridized carbons (Fsp3) is 0.647. The minimum absolute atomic E-state index is 0. The highest BCUT2D eigenvalue weighted by Crippen LogP contribution is 2.20. The third-order valence-corrected chi connectivity index (χ3v) is 3.89. The third-order valence-electron chi connectivity index (χ3n) is 3.89. The van der Waals surface area contributed by atoms with E-state index in [0.29, 0.717) is 19.8 Å². The number of nitrogens with zero attached hydrogens (tertiary/aromatic N) is 1. The van der Waals surface area contributed by atoms with Crippen molar-refractivity contribution in [3.05, 3.63) is 29.3 Å². The molecule has 2 rings (SSSR count). The molecule has 1 unspecified atom stereocenters. The maximum absolute atomic E-state index is 10.2. The summed E-state index contributed by atoms with van der Waals surface area (Å²) in [6.07, 6.45) is -0.497. The van der Waals surface area contributed by atoms with Gasteiger partial charge in [0.05, 0.1) is 13.2 Å². The van der Waals surface area contributed by atoms with Crippen molar-refractivity contribution in [2.75, 3.05) is 32.9 Å². The van der Waals surface area contributed by atoms with Crippen molar-refractivity contribution < 1.29 is 14.6 Å². The van der Waals surface area contributed by atoms with Gasteiger partial charge in [-0.15, -0.1) is 12.4 Å². The van der Waals surface area contributed by atoms with E-state index in [1.165, 1.54) is 11.1 Å². The quantitative estimate of drug-likeness (QED) is 0.901. The van der Waals surface area contributed by atoms with Crippen LogP contribution in [0.2, 0.25) is 0 Å². The van der Waals surface area contributed by atoms with Gasteiger partial charge in [-0.2, -0.15) is 0 Å². The molecule has 0 saturated carbocycles. The summed E-state index contributed by atoms with van der Waals surface area (Å²) in [4.78, 5) is 2.27. The molecule has 1 N–H and O–H groups in total. The van der Waals surface area contributed by atoms with E-state index in [1.54, 1.807) is 0 Å². The maximum atomic E-state index is 10.2. The average Bonchev–Trinajstić information content (AvgIpc) is 2.38. The van der Waals surface area contributed by atoms with Gasteiger partial charge < -0.3 is 14.6 Å². The predicted molar refractivity (Wildman–Crippen MR) is 91.1 cm³/mol. The van der Waals surface area contributed by atoms with Crippen LogP contribution in [-0.4, -0.2) is 54.6 Å². The van der Waals surface area contributed by atoms with E-state index in [4.69, 9.17) is 9.47 Å². The summed E-state index contributed by atoms with van der Waals surface area (Å²) in [5, 5.41) is 10.2. The van der Waals surface area contributed by atoms with Crippen LogP contribution in [0.15, 0.2) is 18.2 Å². The highest BCUT2D eigenvalue weighted by Gasteiger charge is 2.31. The van der Waals surface area contributed by atoms with Gasteiger partial charge in [0, 0.05) is 18.6 Å². The Bertz CT molecular complexity index is 459. The molecule has 0 spiro atoms. The molecule has 1 aromatic carbocycles. The van der Waals surface area contributed by atoms with Gasteiger partial charge in [-0.05, 0) is 51.0 Å². The van der Waals surface area contributed by atoms with Crippen molar-refractivity contribution in [1.29, 1.82) is 0 Å². The third kappa shape index (κ3) is 5.43. The molecule has 4 nitrogen and oxygen atoms in total. The van der Waals surface area contributed by atoms with Crippen LogP contribution in [0.3, 0.4) is 0 Å². The molecule has 1 heterocycles. The summed E-state index contributed by atoms with van der Waals surface area (Å²) in [5.41, 5.74) is 2.32. The van der Waals surface area contributed by atoms with Crippen molar-refractivity contribution in [1.82, 2.24) is 4.90 Å². The average molecular weight is 330 g/mol. The van der Waals surface area contributed by atoms with Crippen LogP contribution in [0.1, 0.15) is 25.0 Å². The number of aliphatic hydroxyl groups excluding tert-OH is 1. The number of ether oxygens (including phenoxy) is 2. The van der Waals surface area contributed by atoms with Crippen molar-refractivity contribution in [3.8, 4) is 5.75 Å². The second-order valence-corrected chi connectivity index (χ2v) is 6.60. The molecular formula is C17H28ClNO3. The second-order valence-electron chi connectivity index (χ2n) is 6.60. The Kier molecular flexibility index (Phi) is 7.13. The molecule has 1 atom stereocenters. The van der Waals surface area contributed by atoms with Crippen LogP contribution >= 0.6 is 12.4 Å². The largest absolute Gasteiger partial charge is 0.491 e. The van der Waals surface area contributed by atoms with Crippen LogP contribution in [-0.2, 0) is 4.74 Å². The van der Waals surface area contributed by atoms with Crippen molar-refractivity contribution in [3.63, 3.8) is 0 Å². The fourth-order valence-corrected chi connectivity index (χ4v) is 2.74. The lowest BCUT2D eigenvalue weighted by Crippen LogP contribution is -2.55. The summed E-state index contributed by atoms with van der Waals surface area (Å²) in [7, 11) is 0. The fourth-order valence-electron chi connectivity index (χ4n) is 2.74. The Morgan fingerprint density at radius 1 is 1.27 bits per heavy atom. The first kappa shape index (κ1) is 19.2. The Labute approximate surface area is 139 Å². The molecule has 1 aliphatic heterocycles. The van der Waals surface area contributed by atoms with E-state index in [1.807, 2.05) is 26.0 Å². The van der Waals surface area contributed by atoms with Gasteiger partial charge >= 0.3 is 0 Å². The molecule has 1 aromatic rings. The van der Waals surface area contributed by atoms with Crippen LogP contribution in [0, 0.1) is 13.8 Å². The summed E-state index contributed by atoms with van der Waals surface area (Å²) in [6, 6.07) is 6.11. The molecular weight excluding hydrogens is 302 g/mol. The van der Waals surface area contributed by atoms with Crippen molar-refractivity contribution >= 4 is 12.4 Å². The number of β-amino-alcohol motifs (C(OH)–C–C–N with tert-alkyl or cyclic N) is 1. The van der Waals surface area contributed by atoms with Crippen LogP contribution in [0.25, 0.3) is 0 Å². The van der Waals surface area contributed by atoms with E-state index in [0.717, 1.165) is 18.9 Å². The van der Waals surface area contributed by atoms with Gasteiger partial charge in [0.25, 0.3) is 0 Å². The Morgan fingerprint density at radius 3 is 2.50 bits per heavy atom. The van der Waals surface area contributed by atoms with E-state index >= 15 is 0 Å². The first-order valence-corrected chi connectivity index (χ1v) is 7.59.